The Balaban J connectivity index is 1.92. The van der Waals surface area contributed by atoms with Gasteiger partial charge in [-0.3, -0.25) is 4.79 Å². The average Bonchev–Trinajstić information content (AvgIpc) is 2.96. The molecule has 0 unspecified atom stereocenters. The van der Waals surface area contributed by atoms with Crippen molar-refractivity contribution in [1.82, 2.24) is 14.8 Å². The Hall–Kier alpha value is -2.71. The molecule has 26 heavy (non-hydrogen) atoms. The van der Waals surface area contributed by atoms with E-state index in [9.17, 15) is 22.4 Å². The van der Waals surface area contributed by atoms with E-state index < -0.39 is 23.9 Å². The van der Waals surface area contributed by atoms with Crippen molar-refractivity contribution in [3.05, 3.63) is 52.7 Å². The second-order valence-electron chi connectivity index (χ2n) is 6.61. The first-order chi connectivity index (χ1) is 12.2. The number of nitrogens with one attached hydrogen (secondary N) is 1. The lowest BCUT2D eigenvalue weighted by Gasteiger charge is -2.34. The molecule has 2 heterocycles. The van der Waals surface area contributed by atoms with Crippen molar-refractivity contribution in [1.29, 1.82) is 0 Å². The summed E-state index contributed by atoms with van der Waals surface area (Å²) in [6.07, 6.45) is -3.94. The maximum atomic E-state index is 13.7. The quantitative estimate of drug-likeness (QED) is 0.782. The number of fused-ring (bicyclic) bond motifs is 1. The van der Waals surface area contributed by atoms with Gasteiger partial charge in [0.2, 0.25) is 5.95 Å². The molecule has 4 rings (SSSR count). The molecule has 136 valence electrons. The largest absolute Gasteiger partial charge is 0.453 e. The number of halogens is 4. The van der Waals surface area contributed by atoms with Gasteiger partial charge in [0.15, 0.2) is 5.78 Å². The van der Waals surface area contributed by atoms with Gasteiger partial charge in [-0.05, 0) is 30.0 Å². The summed E-state index contributed by atoms with van der Waals surface area (Å²) in [5.41, 5.74) is 1.19. The number of anilines is 1. The minimum absolute atomic E-state index is 0.0541. The zero-order valence-corrected chi connectivity index (χ0v) is 13.6. The van der Waals surface area contributed by atoms with Crippen LogP contribution in [-0.2, 0) is 11.0 Å². The standard InChI is InChI=1S/C17H14F4N4O/c1-8-5-11-13(12(26)6-8)14(9-3-2-4-10(18)7-9)25-16(22-11)23-15(24-25)17(19,20)21/h2-4,7-8,14H,5-6H2,1H3,(H,22,23,24)/t8-,14-/m1/s1. The second kappa shape index (κ2) is 5.65. The molecule has 2 aliphatic rings. The number of Topliss-reactive ketones (excluding diaryl/α,β-unsaturated/α-hetero) is 1. The topological polar surface area (TPSA) is 59.8 Å². The van der Waals surface area contributed by atoms with Crippen LogP contribution >= 0.6 is 0 Å². The molecule has 0 saturated carbocycles. The van der Waals surface area contributed by atoms with E-state index in [2.05, 4.69) is 15.4 Å². The van der Waals surface area contributed by atoms with Crippen LogP contribution in [-0.4, -0.2) is 20.5 Å². The van der Waals surface area contributed by atoms with E-state index in [1.165, 1.54) is 18.2 Å². The summed E-state index contributed by atoms with van der Waals surface area (Å²) < 4.78 is 54.0. The van der Waals surface area contributed by atoms with Crippen LogP contribution in [0.1, 0.15) is 37.2 Å². The molecule has 1 aromatic carbocycles. The molecular formula is C17H14F4N4O. The Labute approximate surface area is 145 Å². The number of allylic oxidation sites excluding steroid dienone is 2. The van der Waals surface area contributed by atoms with Crippen molar-refractivity contribution < 1.29 is 22.4 Å². The van der Waals surface area contributed by atoms with Crippen molar-refractivity contribution in [3.8, 4) is 0 Å². The minimum atomic E-state index is -4.73. The molecule has 0 fully saturated rings. The summed E-state index contributed by atoms with van der Waals surface area (Å²) in [6, 6.07) is 4.50. The number of nitrogens with zero attached hydrogens (tertiary/aromatic N) is 3. The summed E-state index contributed by atoms with van der Waals surface area (Å²) in [6.45, 7) is 1.89. The molecule has 1 N–H and O–H groups in total. The van der Waals surface area contributed by atoms with Crippen molar-refractivity contribution in [3.63, 3.8) is 0 Å². The summed E-state index contributed by atoms with van der Waals surface area (Å²) in [4.78, 5) is 16.2. The van der Waals surface area contributed by atoms with Gasteiger partial charge in [0.25, 0.3) is 5.82 Å². The number of carbonyl (C=O) groups is 1. The maximum absolute atomic E-state index is 13.7. The number of benzene rings is 1. The fraction of sp³-hybridized carbons (Fsp3) is 0.353. The molecule has 0 bridgehead atoms. The molecule has 2 aromatic rings. The van der Waals surface area contributed by atoms with E-state index >= 15 is 0 Å². The average molecular weight is 366 g/mol. The molecule has 1 aliphatic heterocycles. The summed E-state index contributed by atoms with van der Waals surface area (Å²) in [5.74, 6) is -2.08. The van der Waals surface area contributed by atoms with E-state index in [1.807, 2.05) is 6.92 Å². The first-order valence-corrected chi connectivity index (χ1v) is 8.06. The highest BCUT2D eigenvalue weighted by molar-refractivity contribution is 5.99. The third-order valence-corrected chi connectivity index (χ3v) is 4.54. The van der Waals surface area contributed by atoms with Gasteiger partial charge in [-0.1, -0.05) is 19.1 Å². The lowest BCUT2D eigenvalue weighted by Crippen LogP contribution is -2.33. The Kier molecular flexibility index (Phi) is 3.64. The number of alkyl halides is 3. The van der Waals surface area contributed by atoms with Crippen molar-refractivity contribution in [2.24, 2.45) is 5.92 Å². The predicted molar refractivity (Wildman–Crippen MR) is 83.6 cm³/mol. The predicted octanol–water partition coefficient (Wildman–Crippen LogP) is 3.70. The van der Waals surface area contributed by atoms with Crippen LogP contribution < -0.4 is 5.32 Å². The van der Waals surface area contributed by atoms with E-state index in [0.29, 0.717) is 23.3 Å². The Bertz CT molecular complexity index is 931. The third-order valence-electron chi connectivity index (χ3n) is 4.54. The minimum Gasteiger partial charge on any atom is -0.328 e. The van der Waals surface area contributed by atoms with E-state index in [-0.39, 0.29) is 24.1 Å². The number of carbonyl (C=O) groups excluding carboxylic acids is 1. The summed E-state index contributed by atoms with van der Waals surface area (Å²) >= 11 is 0. The lowest BCUT2D eigenvalue weighted by atomic mass is 9.81. The number of aromatic nitrogens is 3. The molecule has 9 heteroatoms. The zero-order chi connectivity index (χ0) is 18.6. The Morgan fingerprint density at radius 1 is 1.27 bits per heavy atom. The molecule has 1 aliphatic carbocycles. The number of hydrogen-bond acceptors (Lipinski definition) is 4. The van der Waals surface area contributed by atoms with Crippen LogP contribution in [0.3, 0.4) is 0 Å². The number of hydrogen-bond donors (Lipinski definition) is 1. The lowest BCUT2D eigenvalue weighted by molar-refractivity contribution is -0.145. The molecule has 5 nitrogen and oxygen atoms in total. The fourth-order valence-electron chi connectivity index (χ4n) is 3.51. The van der Waals surface area contributed by atoms with Gasteiger partial charge in [-0.15, -0.1) is 5.10 Å². The smallest absolute Gasteiger partial charge is 0.328 e. The van der Waals surface area contributed by atoms with E-state index in [4.69, 9.17) is 0 Å². The maximum Gasteiger partial charge on any atom is 0.453 e. The molecule has 2 atom stereocenters. The fourth-order valence-corrected chi connectivity index (χ4v) is 3.51. The molecular weight excluding hydrogens is 352 g/mol. The van der Waals surface area contributed by atoms with E-state index in [1.54, 1.807) is 6.07 Å². The number of rotatable bonds is 1. The first-order valence-electron chi connectivity index (χ1n) is 8.06. The molecule has 0 saturated heterocycles. The van der Waals surface area contributed by atoms with Crippen molar-refractivity contribution >= 4 is 11.7 Å². The highest BCUT2D eigenvalue weighted by atomic mass is 19.4. The zero-order valence-electron chi connectivity index (χ0n) is 13.6. The van der Waals surface area contributed by atoms with Gasteiger partial charge >= 0.3 is 6.18 Å². The normalized spacial score (nSPS) is 22.7. The highest BCUT2D eigenvalue weighted by Gasteiger charge is 2.43. The van der Waals surface area contributed by atoms with Gasteiger partial charge in [-0.2, -0.15) is 18.2 Å². The third kappa shape index (κ3) is 2.67. The van der Waals surface area contributed by atoms with Gasteiger partial charge < -0.3 is 5.32 Å². The summed E-state index contributed by atoms with van der Waals surface area (Å²) in [5, 5.41) is 6.38. The van der Waals surface area contributed by atoms with Crippen molar-refractivity contribution in [2.45, 2.75) is 32.0 Å². The molecule has 0 radical (unpaired) electrons. The second-order valence-corrected chi connectivity index (χ2v) is 6.61. The Morgan fingerprint density at radius 2 is 2.04 bits per heavy atom. The van der Waals surface area contributed by atoms with Crippen LogP contribution in [0.2, 0.25) is 0 Å². The monoisotopic (exact) mass is 366 g/mol. The van der Waals surface area contributed by atoms with Crippen LogP contribution in [0, 0.1) is 11.7 Å². The molecule has 0 spiro atoms. The van der Waals surface area contributed by atoms with Crippen LogP contribution in [0.5, 0.6) is 0 Å². The molecule has 1 aromatic heterocycles. The Morgan fingerprint density at radius 3 is 2.73 bits per heavy atom. The van der Waals surface area contributed by atoms with Crippen LogP contribution in [0.15, 0.2) is 35.5 Å². The SMILES string of the molecule is C[C@H]1CC(=O)C2=C(C1)Nc1nc(C(F)(F)F)nn1[C@@H]2c1cccc(F)c1. The summed E-state index contributed by atoms with van der Waals surface area (Å²) in [7, 11) is 0. The van der Waals surface area contributed by atoms with E-state index in [0.717, 1.165) is 4.68 Å². The molecule has 0 amide bonds. The van der Waals surface area contributed by atoms with Gasteiger partial charge in [0.1, 0.15) is 11.9 Å². The highest BCUT2D eigenvalue weighted by Crippen LogP contribution is 2.42. The van der Waals surface area contributed by atoms with Crippen LogP contribution in [0.4, 0.5) is 23.5 Å². The number of ketones is 1. The van der Waals surface area contributed by atoms with Crippen LogP contribution in [0.25, 0.3) is 0 Å². The van der Waals surface area contributed by atoms with Crippen molar-refractivity contribution in [2.75, 3.05) is 5.32 Å². The van der Waals surface area contributed by atoms with Gasteiger partial charge in [0.05, 0.1) is 0 Å². The first kappa shape index (κ1) is 16.7. The van der Waals surface area contributed by atoms with Gasteiger partial charge in [-0.25, -0.2) is 9.07 Å². The van der Waals surface area contributed by atoms with Gasteiger partial charge in [0, 0.05) is 17.7 Å².